The Balaban J connectivity index is 2.21. The molecule has 0 aliphatic rings. The molecule has 0 aliphatic carbocycles. The Hall–Kier alpha value is -2.80. The standard InChI is InChI=1S/C17H18N4O3/c1-17(2,24-4)15-9-11(7-8-18-15)16-13-10-12(21(22)23)5-6-14(13)20(3)19-16/h5-10H,1-4H3. The summed E-state index contributed by atoms with van der Waals surface area (Å²) in [5.41, 5.74) is 2.64. The molecule has 2 heterocycles. The van der Waals surface area contributed by atoms with Crippen LogP contribution >= 0.6 is 0 Å². The molecule has 3 rings (SSSR count). The molecule has 0 bridgehead atoms. The first-order valence-electron chi connectivity index (χ1n) is 7.46. The first-order valence-corrected chi connectivity index (χ1v) is 7.46. The highest BCUT2D eigenvalue weighted by Gasteiger charge is 2.23. The minimum Gasteiger partial charge on any atom is -0.373 e. The van der Waals surface area contributed by atoms with Crippen molar-refractivity contribution in [2.75, 3.05) is 7.11 Å². The van der Waals surface area contributed by atoms with Crippen molar-refractivity contribution in [2.24, 2.45) is 7.05 Å². The lowest BCUT2D eigenvalue weighted by molar-refractivity contribution is -0.384. The van der Waals surface area contributed by atoms with Gasteiger partial charge < -0.3 is 4.74 Å². The zero-order valence-electron chi connectivity index (χ0n) is 14.0. The molecule has 0 unspecified atom stereocenters. The highest BCUT2D eigenvalue weighted by molar-refractivity contribution is 5.94. The summed E-state index contributed by atoms with van der Waals surface area (Å²) >= 11 is 0. The maximum absolute atomic E-state index is 11.1. The Labute approximate surface area is 139 Å². The molecule has 7 nitrogen and oxygen atoms in total. The van der Waals surface area contributed by atoms with Crippen molar-refractivity contribution < 1.29 is 9.66 Å². The summed E-state index contributed by atoms with van der Waals surface area (Å²) in [7, 11) is 3.45. The third-order valence-corrected chi connectivity index (χ3v) is 4.21. The molecule has 0 fully saturated rings. The van der Waals surface area contributed by atoms with Gasteiger partial charge in [-0.1, -0.05) is 0 Å². The van der Waals surface area contributed by atoms with Crippen LogP contribution in [0.4, 0.5) is 5.69 Å². The molecule has 124 valence electrons. The van der Waals surface area contributed by atoms with Gasteiger partial charge in [0.15, 0.2) is 0 Å². The second kappa shape index (κ2) is 5.68. The van der Waals surface area contributed by atoms with E-state index in [4.69, 9.17) is 4.74 Å². The number of pyridine rings is 1. The molecule has 24 heavy (non-hydrogen) atoms. The molecule has 0 amide bonds. The quantitative estimate of drug-likeness (QED) is 0.542. The van der Waals surface area contributed by atoms with Crippen LogP contribution in [0.2, 0.25) is 0 Å². The number of aromatic nitrogens is 3. The zero-order valence-corrected chi connectivity index (χ0v) is 14.0. The second-order valence-electron chi connectivity index (χ2n) is 6.07. The van der Waals surface area contributed by atoms with Crippen molar-refractivity contribution in [3.05, 3.63) is 52.3 Å². The number of hydrogen-bond acceptors (Lipinski definition) is 5. The first-order chi connectivity index (χ1) is 11.3. The minimum atomic E-state index is -0.535. The number of methoxy groups -OCH3 is 1. The smallest absolute Gasteiger partial charge is 0.270 e. The van der Waals surface area contributed by atoms with E-state index in [9.17, 15) is 10.1 Å². The summed E-state index contributed by atoms with van der Waals surface area (Å²) in [6.07, 6.45) is 1.70. The van der Waals surface area contributed by atoms with Crippen molar-refractivity contribution in [1.29, 1.82) is 0 Å². The predicted molar refractivity (Wildman–Crippen MR) is 90.6 cm³/mol. The average molecular weight is 326 g/mol. The number of aryl methyl sites for hydroxylation is 1. The number of hydrogen-bond donors (Lipinski definition) is 0. The fourth-order valence-corrected chi connectivity index (χ4v) is 2.59. The molecule has 0 aliphatic heterocycles. The normalized spacial score (nSPS) is 11.8. The molecule has 0 saturated heterocycles. The van der Waals surface area contributed by atoms with Crippen molar-refractivity contribution in [3.63, 3.8) is 0 Å². The molecular formula is C17H18N4O3. The number of benzene rings is 1. The van der Waals surface area contributed by atoms with Crippen molar-refractivity contribution in [1.82, 2.24) is 14.8 Å². The van der Waals surface area contributed by atoms with Gasteiger partial charge in [-0.25, -0.2) is 0 Å². The van der Waals surface area contributed by atoms with Crippen LogP contribution < -0.4 is 0 Å². The average Bonchev–Trinajstić information content (AvgIpc) is 2.91. The highest BCUT2D eigenvalue weighted by atomic mass is 16.6. The molecule has 1 aromatic carbocycles. The molecule has 0 atom stereocenters. The van der Waals surface area contributed by atoms with Gasteiger partial charge >= 0.3 is 0 Å². The molecule has 2 aromatic heterocycles. The van der Waals surface area contributed by atoms with Crippen LogP contribution in [0, 0.1) is 10.1 Å². The summed E-state index contributed by atoms with van der Waals surface area (Å²) in [4.78, 5) is 15.0. The summed E-state index contributed by atoms with van der Waals surface area (Å²) in [6.45, 7) is 3.86. The van der Waals surface area contributed by atoms with E-state index in [1.807, 2.05) is 33.0 Å². The topological polar surface area (TPSA) is 83.1 Å². The van der Waals surface area contributed by atoms with Crippen LogP contribution in [0.3, 0.4) is 0 Å². The minimum absolute atomic E-state index is 0.0447. The lowest BCUT2D eigenvalue weighted by atomic mass is 10.0. The van der Waals surface area contributed by atoms with Gasteiger partial charge in [0.1, 0.15) is 11.3 Å². The van der Waals surface area contributed by atoms with Crippen LogP contribution in [-0.2, 0) is 17.4 Å². The maximum Gasteiger partial charge on any atom is 0.270 e. The Bertz CT molecular complexity index is 931. The number of rotatable bonds is 4. The Morgan fingerprint density at radius 2 is 2.00 bits per heavy atom. The Kier molecular flexibility index (Phi) is 3.81. The zero-order chi connectivity index (χ0) is 17.5. The van der Waals surface area contributed by atoms with Crippen molar-refractivity contribution >= 4 is 16.6 Å². The van der Waals surface area contributed by atoms with E-state index in [1.165, 1.54) is 6.07 Å². The van der Waals surface area contributed by atoms with E-state index in [0.29, 0.717) is 5.69 Å². The summed E-state index contributed by atoms with van der Waals surface area (Å²) in [6, 6.07) is 8.50. The fraction of sp³-hybridized carbons (Fsp3) is 0.294. The number of nitro groups is 1. The third-order valence-electron chi connectivity index (χ3n) is 4.21. The largest absolute Gasteiger partial charge is 0.373 e. The van der Waals surface area contributed by atoms with E-state index in [-0.39, 0.29) is 5.69 Å². The summed E-state index contributed by atoms with van der Waals surface area (Å²) < 4.78 is 7.20. The van der Waals surface area contributed by atoms with E-state index in [1.54, 1.807) is 30.1 Å². The van der Waals surface area contributed by atoms with Crippen molar-refractivity contribution in [3.8, 4) is 11.3 Å². The van der Waals surface area contributed by atoms with E-state index in [0.717, 1.165) is 22.2 Å². The molecule has 0 N–H and O–H groups in total. The molecule has 0 saturated carbocycles. The Morgan fingerprint density at radius 3 is 2.67 bits per heavy atom. The number of nitrogens with zero attached hydrogens (tertiary/aromatic N) is 4. The van der Waals surface area contributed by atoms with Crippen LogP contribution in [0.15, 0.2) is 36.5 Å². The van der Waals surface area contributed by atoms with Crippen LogP contribution in [0.5, 0.6) is 0 Å². The Morgan fingerprint density at radius 1 is 1.25 bits per heavy atom. The van der Waals surface area contributed by atoms with Gasteiger partial charge in [0.25, 0.3) is 5.69 Å². The number of fused-ring (bicyclic) bond motifs is 1. The summed E-state index contributed by atoms with van der Waals surface area (Å²) in [5, 5.41) is 16.3. The van der Waals surface area contributed by atoms with Gasteiger partial charge in [0, 0.05) is 43.4 Å². The lowest BCUT2D eigenvalue weighted by Gasteiger charge is -2.22. The van der Waals surface area contributed by atoms with Crippen LogP contribution in [0.1, 0.15) is 19.5 Å². The molecule has 0 spiro atoms. The third kappa shape index (κ3) is 2.63. The van der Waals surface area contributed by atoms with Gasteiger partial charge in [-0.2, -0.15) is 5.10 Å². The highest BCUT2D eigenvalue weighted by Crippen LogP contribution is 2.32. The van der Waals surface area contributed by atoms with E-state index < -0.39 is 10.5 Å². The van der Waals surface area contributed by atoms with Crippen LogP contribution in [0.25, 0.3) is 22.2 Å². The summed E-state index contributed by atoms with van der Waals surface area (Å²) in [5.74, 6) is 0. The molecular weight excluding hydrogens is 308 g/mol. The SMILES string of the molecule is COC(C)(C)c1cc(-c2nn(C)c3ccc([N+](=O)[O-])cc23)ccn1. The van der Waals surface area contributed by atoms with E-state index in [2.05, 4.69) is 10.1 Å². The second-order valence-corrected chi connectivity index (χ2v) is 6.07. The van der Waals surface area contributed by atoms with Gasteiger partial charge in [-0.05, 0) is 32.0 Å². The van der Waals surface area contributed by atoms with Gasteiger partial charge in [-0.15, -0.1) is 0 Å². The first kappa shape index (κ1) is 16.1. The monoisotopic (exact) mass is 326 g/mol. The fourth-order valence-electron chi connectivity index (χ4n) is 2.59. The predicted octanol–water partition coefficient (Wildman–Crippen LogP) is 3.43. The maximum atomic E-state index is 11.1. The number of nitro benzene ring substituents is 1. The molecule has 7 heteroatoms. The van der Waals surface area contributed by atoms with Crippen LogP contribution in [-0.4, -0.2) is 26.8 Å². The molecule has 3 aromatic rings. The van der Waals surface area contributed by atoms with E-state index >= 15 is 0 Å². The van der Waals surface area contributed by atoms with Gasteiger partial charge in [0.05, 0.1) is 16.1 Å². The molecule has 0 radical (unpaired) electrons. The van der Waals surface area contributed by atoms with Gasteiger partial charge in [-0.3, -0.25) is 19.8 Å². The number of ether oxygens (including phenoxy) is 1. The van der Waals surface area contributed by atoms with Crippen molar-refractivity contribution in [2.45, 2.75) is 19.4 Å². The lowest BCUT2D eigenvalue weighted by Crippen LogP contribution is -2.20. The van der Waals surface area contributed by atoms with Gasteiger partial charge in [0.2, 0.25) is 0 Å². The number of non-ortho nitro benzene ring substituents is 1.